The smallest absolute Gasteiger partial charge is 0.237 e. The van der Waals surface area contributed by atoms with Crippen molar-refractivity contribution >= 4 is 29.3 Å². The maximum Gasteiger partial charge on any atom is 0.237 e. The molecule has 138 valence electrons. The average molecular weight is 401 g/mol. The number of benzene rings is 2. The second-order valence-corrected chi connectivity index (χ2v) is 7.64. The quantitative estimate of drug-likeness (QED) is 0.678. The second-order valence-electron chi connectivity index (χ2n) is 6.11. The predicted octanol–water partition coefficient (Wildman–Crippen LogP) is 3.76. The van der Waals surface area contributed by atoms with Crippen molar-refractivity contribution in [2.75, 3.05) is 0 Å². The summed E-state index contributed by atoms with van der Waals surface area (Å²) >= 11 is 7.40. The van der Waals surface area contributed by atoms with Gasteiger partial charge in [0.05, 0.1) is 5.75 Å². The lowest BCUT2D eigenvalue weighted by atomic mass is 10.0. The van der Waals surface area contributed by atoms with Gasteiger partial charge in [0.25, 0.3) is 0 Å². The van der Waals surface area contributed by atoms with Crippen LogP contribution >= 0.6 is 23.4 Å². The lowest BCUT2D eigenvalue weighted by molar-refractivity contribution is -0.123. The number of nitrogens with one attached hydrogen (secondary N) is 2. The maximum atomic E-state index is 12.1. The Labute approximate surface area is 165 Å². The van der Waals surface area contributed by atoms with Gasteiger partial charge in [0.1, 0.15) is 5.50 Å². The summed E-state index contributed by atoms with van der Waals surface area (Å²) in [6, 6.07) is 17.2. The van der Waals surface area contributed by atoms with Crippen molar-refractivity contribution in [3.63, 3.8) is 0 Å². The fourth-order valence-electron chi connectivity index (χ4n) is 2.85. The SMILES string of the molecule is O=C1CC(c2ccccc2)NC(SCc2nc(-c3ccc(Cl)cc3)no2)N1. The van der Waals surface area contributed by atoms with E-state index in [2.05, 4.69) is 20.8 Å². The first-order valence-electron chi connectivity index (χ1n) is 8.48. The van der Waals surface area contributed by atoms with Gasteiger partial charge in [-0.3, -0.25) is 10.1 Å². The van der Waals surface area contributed by atoms with E-state index < -0.39 is 0 Å². The topological polar surface area (TPSA) is 80.1 Å². The van der Waals surface area contributed by atoms with Gasteiger partial charge in [0, 0.05) is 23.0 Å². The normalized spacial score (nSPS) is 19.7. The number of carbonyl (C=O) groups excluding carboxylic acids is 1. The van der Waals surface area contributed by atoms with Gasteiger partial charge in [-0.2, -0.15) is 4.98 Å². The first-order chi connectivity index (χ1) is 13.2. The van der Waals surface area contributed by atoms with Crippen molar-refractivity contribution in [1.29, 1.82) is 0 Å². The van der Waals surface area contributed by atoms with Crippen LogP contribution in [0.15, 0.2) is 59.1 Å². The molecular weight excluding hydrogens is 384 g/mol. The van der Waals surface area contributed by atoms with Gasteiger partial charge in [-0.1, -0.05) is 47.1 Å². The molecule has 2 N–H and O–H groups in total. The van der Waals surface area contributed by atoms with Crippen molar-refractivity contribution in [2.24, 2.45) is 0 Å². The third kappa shape index (κ3) is 4.50. The largest absolute Gasteiger partial charge is 0.338 e. The zero-order chi connectivity index (χ0) is 18.6. The molecular formula is C19H17ClN4O2S. The molecule has 0 radical (unpaired) electrons. The summed E-state index contributed by atoms with van der Waals surface area (Å²) in [4.78, 5) is 16.5. The second kappa shape index (κ2) is 8.12. The van der Waals surface area contributed by atoms with Crippen LogP contribution in [0.5, 0.6) is 0 Å². The lowest BCUT2D eigenvalue weighted by Crippen LogP contribution is -2.50. The molecule has 2 aromatic carbocycles. The number of hydrogen-bond donors (Lipinski definition) is 2. The molecule has 0 saturated carbocycles. The predicted molar refractivity (Wildman–Crippen MR) is 105 cm³/mol. The Kier molecular flexibility index (Phi) is 5.42. The Balaban J connectivity index is 1.38. The van der Waals surface area contributed by atoms with Crippen molar-refractivity contribution in [3.05, 3.63) is 71.1 Å². The highest BCUT2D eigenvalue weighted by molar-refractivity contribution is 7.99. The first kappa shape index (κ1) is 18.0. The van der Waals surface area contributed by atoms with Gasteiger partial charge < -0.3 is 9.84 Å². The van der Waals surface area contributed by atoms with Crippen LogP contribution in [-0.4, -0.2) is 21.5 Å². The fourth-order valence-corrected chi connectivity index (χ4v) is 3.88. The summed E-state index contributed by atoms with van der Waals surface area (Å²) in [5.41, 5.74) is 1.72. The molecule has 1 aliphatic heterocycles. The molecule has 0 bridgehead atoms. The van der Waals surface area contributed by atoms with Gasteiger partial charge in [0.2, 0.25) is 17.6 Å². The molecule has 2 heterocycles. The number of amides is 1. The number of aromatic nitrogens is 2. The van der Waals surface area contributed by atoms with E-state index in [0.29, 0.717) is 28.9 Å². The highest BCUT2D eigenvalue weighted by Crippen LogP contribution is 2.25. The average Bonchev–Trinajstić information content (AvgIpc) is 3.16. The Hall–Kier alpha value is -2.35. The molecule has 2 unspecified atom stereocenters. The number of halogens is 1. The van der Waals surface area contributed by atoms with Gasteiger partial charge in [-0.25, -0.2) is 0 Å². The fraction of sp³-hybridized carbons (Fsp3) is 0.211. The van der Waals surface area contributed by atoms with Crippen LogP contribution in [0.3, 0.4) is 0 Å². The molecule has 0 aliphatic carbocycles. The number of rotatable bonds is 5. The van der Waals surface area contributed by atoms with E-state index in [1.807, 2.05) is 42.5 Å². The van der Waals surface area contributed by atoms with Crippen molar-refractivity contribution in [2.45, 2.75) is 23.7 Å². The van der Waals surface area contributed by atoms with E-state index in [1.165, 1.54) is 11.8 Å². The molecule has 3 aromatic rings. The molecule has 1 aliphatic rings. The van der Waals surface area contributed by atoms with Crippen LogP contribution in [0.2, 0.25) is 5.02 Å². The van der Waals surface area contributed by atoms with Crippen LogP contribution in [0.4, 0.5) is 0 Å². The molecule has 4 rings (SSSR count). The Morgan fingerprint density at radius 1 is 1.15 bits per heavy atom. The number of hydrogen-bond acceptors (Lipinski definition) is 6. The standard InChI is InChI=1S/C19H17ClN4O2S/c20-14-8-6-13(7-9-14)18-23-17(26-24-18)11-27-19-21-15(10-16(25)22-19)12-4-2-1-3-5-12/h1-9,15,19,21H,10-11H2,(H,22,25). The summed E-state index contributed by atoms with van der Waals surface area (Å²) in [6.45, 7) is 0. The highest BCUT2D eigenvalue weighted by Gasteiger charge is 2.27. The Morgan fingerprint density at radius 3 is 2.70 bits per heavy atom. The summed E-state index contributed by atoms with van der Waals surface area (Å²) < 4.78 is 5.32. The van der Waals surface area contributed by atoms with E-state index in [4.69, 9.17) is 16.1 Å². The summed E-state index contributed by atoms with van der Waals surface area (Å²) in [5.74, 6) is 1.53. The Morgan fingerprint density at radius 2 is 1.93 bits per heavy atom. The molecule has 1 saturated heterocycles. The summed E-state index contributed by atoms with van der Waals surface area (Å²) in [7, 11) is 0. The van der Waals surface area contributed by atoms with Crippen LogP contribution in [0.25, 0.3) is 11.4 Å². The minimum Gasteiger partial charge on any atom is -0.338 e. The van der Waals surface area contributed by atoms with E-state index in [-0.39, 0.29) is 17.4 Å². The van der Waals surface area contributed by atoms with E-state index in [0.717, 1.165) is 11.1 Å². The lowest BCUT2D eigenvalue weighted by Gasteiger charge is -2.31. The van der Waals surface area contributed by atoms with Gasteiger partial charge in [-0.15, -0.1) is 11.8 Å². The number of nitrogens with zero attached hydrogens (tertiary/aromatic N) is 2. The van der Waals surface area contributed by atoms with Crippen LogP contribution in [0.1, 0.15) is 23.9 Å². The molecule has 8 heteroatoms. The molecule has 1 fully saturated rings. The maximum absolute atomic E-state index is 12.1. The Bertz CT molecular complexity index is 917. The minimum absolute atomic E-state index is 0.00948. The summed E-state index contributed by atoms with van der Waals surface area (Å²) in [5, 5.41) is 11.0. The van der Waals surface area contributed by atoms with Gasteiger partial charge >= 0.3 is 0 Å². The van der Waals surface area contributed by atoms with E-state index >= 15 is 0 Å². The summed E-state index contributed by atoms with van der Waals surface area (Å²) in [6.07, 6.45) is 0.419. The number of thioether (sulfide) groups is 1. The molecule has 27 heavy (non-hydrogen) atoms. The first-order valence-corrected chi connectivity index (χ1v) is 9.90. The van der Waals surface area contributed by atoms with Crippen LogP contribution < -0.4 is 10.6 Å². The van der Waals surface area contributed by atoms with Crippen LogP contribution in [0, 0.1) is 0 Å². The van der Waals surface area contributed by atoms with Crippen molar-refractivity contribution in [3.8, 4) is 11.4 Å². The van der Waals surface area contributed by atoms with E-state index in [9.17, 15) is 4.79 Å². The zero-order valence-electron chi connectivity index (χ0n) is 14.3. The molecule has 0 spiro atoms. The molecule has 1 aromatic heterocycles. The van der Waals surface area contributed by atoms with Crippen LogP contribution in [-0.2, 0) is 10.5 Å². The van der Waals surface area contributed by atoms with Crippen molar-refractivity contribution < 1.29 is 9.32 Å². The highest BCUT2D eigenvalue weighted by atomic mass is 35.5. The van der Waals surface area contributed by atoms with E-state index in [1.54, 1.807) is 12.1 Å². The molecule has 2 atom stereocenters. The van der Waals surface area contributed by atoms with Crippen molar-refractivity contribution in [1.82, 2.24) is 20.8 Å². The van der Waals surface area contributed by atoms with Gasteiger partial charge in [-0.05, 0) is 29.8 Å². The van der Waals surface area contributed by atoms with Gasteiger partial charge in [0.15, 0.2) is 0 Å². The number of carbonyl (C=O) groups is 1. The molecule has 6 nitrogen and oxygen atoms in total. The zero-order valence-corrected chi connectivity index (χ0v) is 15.8. The molecule has 1 amide bonds. The third-order valence-electron chi connectivity index (χ3n) is 4.18. The minimum atomic E-state index is -0.220. The monoisotopic (exact) mass is 400 g/mol. The third-order valence-corrected chi connectivity index (χ3v) is 5.43.